The third-order valence-corrected chi connectivity index (χ3v) is 3.61. The molecule has 7 nitrogen and oxygen atoms in total. The van der Waals surface area contributed by atoms with Crippen LogP contribution in [0.25, 0.3) is 0 Å². The zero-order valence-electron chi connectivity index (χ0n) is 13.8. The van der Waals surface area contributed by atoms with Gasteiger partial charge in [-0.1, -0.05) is 24.6 Å². The number of anilines is 1. The summed E-state index contributed by atoms with van der Waals surface area (Å²) in [6, 6.07) is 5.53. The van der Waals surface area contributed by atoms with Crippen LogP contribution in [0.15, 0.2) is 23.0 Å². The number of H-pyrrole nitrogens is 1. The molecule has 2 rings (SSSR count). The van der Waals surface area contributed by atoms with E-state index >= 15 is 0 Å². The molecule has 1 heterocycles. The van der Waals surface area contributed by atoms with Crippen molar-refractivity contribution in [2.45, 2.75) is 19.9 Å². The summed E-state index contributed by atoms with van der Waals surface area (Å²) >= 11 is 6.08. The molecule has 1 aromatic heterocycles. The lowest BCUT2D eigenvalue weighted by Crippen LogP contribution is -2.15. The Morgan fingerprint density at radius 3 is 2.67 bits per heavy atom. The third-order valence-electron chi connectivity index (χ3n) is 3.25. The second-order valence-corrected chi connectivity index (χ2v) is 5.32. The summed E-state index contributed by atoms with van der Waals surface area (Å²) in [5.41, 5.74) is 0.810. The van der Waals surface area contributed by atoms with Crippen LogP contribution in [0.1, 0.15) is 18.9 Å². The van der Waals surface area contributed by atoms with E-state index in [2.05, 4.69) is 15.5 Å². The Labute approximate surface area is 144 Å². The zero-order valence-corrected chi connectivity index (χ0v) is 14.6. The van der Waals surface area contributed by atoms with Gasteiger partial charge in [0.05, 0.1) is 20.8 Å². The number of aromatic nitrogens is 2. The molecule has 0 amide bonds. The molecule has 1 aromatic carbocycles. The van der Waals surface area contributed by atoms with Crippen LogP contribution in [-0.4, -0.2) is 31.0 Å². The van der Waals surface area contributed by atoms with Crippen LogP contribution in [0.5, 0.6) is 17.4 Å². The van der Waals surface area contributed by atoms with Crippen molar-refractivity contribution in [3.05, 3.63) is 39.1 Å². The average molecular weight is 354 g/mol. The average Bonchev–Trinajstić information content (AvgIpc) is 2.61. The highest BCUT2D eigenvalue weighted by Gasteiger charge is 2.14. The van der Waals surface area contributed by atoms with Gasteiger partial charge in [-0.3, -0.25) is 4.79 Å². The molecule has 0 bridgehead atoms. The molecule has 0 radical (unpaired) electrons. The minimum Gasteiger partial charge on any atom is -0.493 e. The van der Waals surface area contributed by atoms with Crippen molar-refractivity contribution >= 4 is 17.3 Å². The molecule has 0 unspecified atom stereocenters. The lowest BCUT2D eigenvalue weighted by Gasteiger charge is -2.14. The summed E-state index contributed by atoms with van der Waals surface area (Å²) in [7, 11) is 3.15. The largest absolute Gasteiger partial charge is 0.493 e. The summed E-state index contributed by atoms with van der Waals surface area (Å²) in [4.78, 5) is 11.7. The monoisotopic (exact) mass is 353 g/mol. The molecule has 0 saturated heterocycles. The van der Waals surface area contributed by atoms with Crippen molar-refractivity contribution in [1.82, 2.24) is 10.2 Å². The number of aromatic amines is 1. The molecule has 0 aliphatic heterocycles. The molecule has 0 aliphatic rings. The van der Waals surface area contributed by atoms with Gasteiger partial charge in [0.2, 0.25) is 0 Å². The maximum absolute atomic E-state index is 11.7. The molecule has 0 aliphatic carbocycles. The highest BCUT2D eigenvalue weighted by atomic mass is 35.5. The van der Waals surface area contributed by atoms with Gasteiger partial charge in [0, 0.05) is 6.54 Å². The quantitative estimate of drug-likeness (QED) is 0.759. The Morgan fingerprint density at radius 2 is 2.00 bits per heavy atom. The number of rotatable bonds is 8. The van der Waals surface area contributed by atoms with Gasteiger partial charge in [-0.15, -0.1) is 5.10 Å². The maximum Gasteiger partial charge on any atom is 0.285 e. The summed E-state index contributed by atoms with van der Waals surface area (Å²) in [5, 5.41) is 9.32. The number of halogens is 1. The van der Waals surface area contributed by atoms with Crippen molar-refractivity contribution in [1.29, 1.82) is 0 Å². The van der Waals surface area contributed by atoms with Crippen LogP contribution >= 0.6 is 11.6 Å². The highest BCUT2D eigenvalue weighted by Crippen LogP contribution is 2.30. The predicted molar refractivity (Wildman–Crippen MR) is 92.5 cm³/mol. The molecule has 2 N–H and O–H groups in total. The zero-order chi connectivity index (χ0) is 17.5. The maximum atomic E-state index is 11.7. The van der Waals surface area contributed by atoms with Crippen molar-refractivity contribution in [2.75, 3.05) is 26.1 Å². The van der Waals surface area contributed by atoms with Crippen molar-refractivity contribution in [2.24, 2.45) is 0 Å². The number of ether oxygens (including phenoxy) is 3. The summed E-state index contributed by atoms with van der Waals surface area (Å²) in [5.74, 6) is 1.53. The lowest BCUT2D eigenvalue weighted by atomic mass is 10.2. The van der Waals surface area contributed by atoms with Crippen LogP contribution in [0.3, 0.4) is 0 Å². The predicted octanol–water partition coefficient (Wildman–Crippen LogP) is 2.84. The smallest absolute Gasteiger partial charge is 0.285 e. The molecular formula is C16H20ClN3O4. The van der Waals surface area contributed by atoms with E-state index in [1.165, 1.54) is 0 Å². The summed E-state index contributed by atoms with van der Waals surface area (Å²) < 4.78 is 16.0. The fraction of sp³-hybridized carbons (Fsp3) is 0.375. The normalized spacial score (nSPS) is 10.3. The third kappa shape index (κ3) is 4.11. The van der Waals surface area contributed by atoms with Gasteiger partial charge in [-0.05, 0) is 24.1 Å². The number of methoxy groups -OCH3 is 2. The Balaban J connectivity index is 2.22. The van der Waals surface area contributed by atoms with E-state index in [-0.39, 0.29) is 10.9 Å². The minimum absolute atomic E-state index is 0.0107. The van der Waals surface area contributed by atoms with E-state index in [0.717, 1.165) is 12.0 Å². The first-order valence-corrected chi connectivity index (χ1v) is 7.84. The fourth-order valence-electron chi connectivity index (χ4n) is 2.05. The van der Waals surface area contributed by atoms with Gasteiger partial charge < -0.3 is 19.5 Å². The van der Waals surface area contributed by atoms with E-state index in [1.807, 2.05) is 25.1 Å². The van der Waals surface area contributed by atoms with Gasteiger partial charge in [0.1, 0.15) is 10.7 Å². The van der Waals surface area contributed by atoms with E-state index in [9.17, 15) is 4.79 Å². The lowest BCUT2D eigenvalue weighted by molar-refractivity contribution is 0.303. The van der Waals surface area contributed by atoms with Gasteiger partial charge in [0.15, 0.2) is 11.5 Å². The van der Waals surface area contributed by atoms with Crippen LogP contribution < -0.4 is 25.1 Å². The standard InChI is InChI=1S/C16H20ClN3O4/c1-4-7-24-16-14(13(17)15(21)19-20-16)18-9-10-5-6-11(22-2)12(8-10)23-3/h5-6,8H,4,7,9H2,1-3H3,(H2,18,19,21). The van der Waals surface area contributed by atoms with Gasteiger partial charge in [-0.2, -0.15) is 0 Å². The van der Waals surface area contributed by atoms with Crippen molar-refractivity contribution < 1.29 is 14.2 Å². The highest BCUT2D eigenvalue weighted by molar-refractivity contribution is 6.33. The SMILES string of the molecule is CCCOc1n[nH]c(=O)c(Cl)c1NCc1ccc(OC)c(OC)c1. The first-order chi connectivity index (χ1) is 11.6. The van der Waals surface area contributed by atoms with Crippen molar-refractivity contribution in [3.8, 4) is 17.4 Å². The molecule has 0 spiro atoms. The Kier molecular flexibility index (Phi) is 6.31. The molecule has 0 saturated carbocycles. The summed E-state index contributed by atoms with van der Waals surface area (Å²) in [6.45, 7) is 2.86. The Morgan fingerprint density at radius 1 is 1.25 bits per heavy atom. The molecule has 8 heteroatoms. The number of nitrogens with one attached hydrogen (secondary N) is 2. The second-order valence-electron chi connectivity index (χ2n) is 4.94. The summed E-state index contributed by atoms with van der Waals surface area (Å²) in [6.07, 6.45) is 0.813. The Bertz CT molecular complexity index is 749. The number of hydrogen-bond acceptors (Lipinski definition) is 6. The van der Waals surface area contributed by atoms with Crippen LogP contribution in [-0.2, 0) is 6.54 Å². The van der Waals surface area contributed by atoms with Gasteiger partial charge >= 0.3 is 0 Å². The van der Waals surface area contributed by atoms with Crippen LogP contribution in [0.4, 0.5) is 5.69 Å². The Hall–Kier alpha value is -2.41. The van der Waals surface area contributed by atoms with Gasteiger partial charge in [-0.25, -0.2) is 5.10 Å². The molecule has 2 aromatic rings. The van der Waals surface area contributed by atoms with Gasteiger partial charge in [0.25, 0.3) is 11.4 Å². The van der Waals surface area contributed by atoms with Crippen LogP contribution in [0, 0.1) is 0 Å². The van der Waals surface area contributed by atoms with E-state index in [4.69, 9.17) is 25.8 Å². The van der Waals surface area contributed by atoms with Crippen molar-refractivity contribution in [3.63, 3.8) is 0 Å². The number of nitrogens with zero attached hydrogens (tertiary/aromatic N) is 1. The van der Waals surface area contributed by atoms with E-state index in [0.29, 0.717) is 30.3 Å². The minimum atomic E-state index is -0.477. The topological polar surface area (TPSA) is 85.5 Å². The first kappa shape index (κ1) is 17.9. The first-order valence-electron chi connectivity index (χ1n) is 7.46. The molecule has 130 valence electrons. The molecule has 24 heavy (non-hydrogen) atoms. The molecule has 0 atom stereocenters. The van der Waals surface area contributed by atoms with Crippen LogP contribution in [0.2, 0.25) is 5.02 Å². The molecular weight excluding hydrogens is 334 g/mol. The fourth-order valence-corrected chi connectivity index (χ4v) is 2.24. The number of hydrogen-bond donors (Lipinski definition) is 2. The molecule has 0 fully saturated rings. The number of benzene rings is 1. The second kappa shape index (κ2) is 8.44. The van der Waals surface area contributed by atoms with E-state index in [1.54, 1.807) is 14.2 Å². The van der Waals surface area contributed by atoms with E-state index < -0.39 is 5.56 Å².